The highest BCUT2D eigenvalue weighted by Crippen LogP contribution is 2.26. The van der Waals surface area contributed by atoms with Crippen LogP contribution in [0.2, 0.25) is 0 Å². The summed E-state index contributed by atoms with van der Waals surface area (Å²) in [6.45, 7) is 2.23. The number of ketones is 1. The monoisotopic (exact) mass is 242 g/mol. The van der Waals surface area contributed by atoms with E-state index in [1.54, 1.807) is 0 Å². The zero-order valence-corrected chi connectivity index (χ0v) is 11.2. The number of hydrogen-bond acceptors (Lipinski definition) is 1. The van der Waals surface area contributed by atoms with Gasteiger partial charge >= 0.3 is 0 Å². The van der Waals surface area contributed by atoms with Crippen LogP contribution in [0.3, 0.4) is 0 Å². The Bertz CT molecular complexity index is 431. The maximum Gasteiger partial charge on any atom is 0.170 e. The first kappa shape index (κ1) is 13.1. The predicted octanol–water partition coefficient (Wildman–Crippen LogP) is 4.87. The number of fused-ring (bicyclic) bond motifs is 1. The van der Waals surface area contributed by atoms with E-state index in [0.29, 0.717) is 5.78 Å². The summed E-state index contributed by atoms with van der Waals surface area (Å²) in [5, 5.41) is 0. The van der Waals surface area contributed by atoms with Crippen molar-refractivity contribution in [2.24, 2.45) is 5.92 Å². The number of Topliss-reactive ketones (excluding diaryl/α,β-unsaturated/α-hetero) is 1. The zero-order chi connectivity index (χ0) is 12.8. The van der Waals surface area contributed by atoms with Gasteiger partial charge in [-0.3, -0.25) is 4.79 Å². The van der Waals surface area contributed by atoms with Gasteiger partial charge in [-0.1, -0.05) is 75.4 Å². The van der Waals surface area contributed by atoms with Crippen LogP contribution in [0, 0.1) is 5.92 Å². The van der Waals surface area contributed by atoms with Crippen LogP contribution in [-0.2, 0) is 0 Å². The molecule has 96 valence electrons. The maximum absolute atomic E-state index is 12.3. The molecule has 1 nitrogen and oxygen atoms in total. The molecule has 0 fully saturated rings. The van der Waals surface area contributed by atoms with Gasteiger partial charge in [-0.2, -0.15) is 0 Å². The summed E-state index contributed by atoms with van der Waals surface area (Å²) in [7, 11) is 0. The maximum atomic E-state index is 12.3. The first-order valence-corrected chi connectivity index (χ1v) is 7.14. The Balaban J connectivity index is 1.88. The van der Waals surface area contributed by atoms with Crippen LogP contribution in [-0.4, -0.2) is 5.78 Å². The Kier molecular flexibility index (Phi) is 4.74. The van der Waals surface area contributed by atoms with Crippen molar-refractivity contribution in [2.75, 3.05) is 0 Å². The van der Waals surface area contributed by atoms with E-state index in [1.165, 1.54) is 32.1 Å². The van der Waals surface area contributed by atoms with E-state index < -0.39 is 0 Å². The second kappa shape index (κ2) is 6.53. The number of rotatable bonds is 6. The van der Waals surface area contributed by atoms with Gasteiger partial charge in [-0.25, -0.2) is 0 Å². The average molecular weight is 242 g/mol. The number of carbonyl (C=O) groups excluding carboxylic acids is 1. The minimum Gasteiger partial charge on any atom is -0.293 e. The molecule has 0 bridgehead atoms. The molecule has 0 spiro atoms. The van der Waals surface area contributed by atoms with Crippen molar-refractivity contribution in [1.82, 2.24) is 0 Å². The van der Waals surface area contributed by atoms with Gasteiger partial charge in [0.1, 0.15) is 0 Å². The first-order chi connectivity index (χ1) is 8.83. The average Bonchev–Trinajstić information content (AvgIpc) is 2.41. The first-order valence-electron chi connectivity index (χ1n) is 7.14. The van der Waals surface area contributed by atoms with Crippen LogP contribution in [0.4, 0.5) is 0 Å². The van der Waals surface area contributed by atoms with E-state index in [-0.39, 0.29) is 5.92 Å². The minimum atomic E-state index is 0.113. The lowest BCUT2D eigenvalue weighted by molar-refractivity contribution is 0.0937. The Morgan fingerprint density at radius 1 is 1.06 bits per heavy atom. The summed E-state index contributed by atoms with van der Waals surface area (Å²) in [6.07, 6.45) is 11.5. The lowest BCUT2D eigenvalue weighted by atomic mass is 9.85. The van der Waals surface area contributed by atoms with E-state index in [4.69, 9.17) is 0 Å². The van der Waals surface area contributed by atoms with Crippen molar-refractivity contribution >= 4 is 11.9 Å². The van der Waals surface area contributed by atoms with E-state index in [9.17, 15) is 4.79 Å². The molecule has 1 aliphatic rings. The van der Waals surface area contributed by atoms with E-state index >= 15 is 0 Å². The highest BCUT2D eigenvalue weighted by molar-refractivity contribution is 6.04. The van der Waals surface area contributed by atoms with Gasteiger partial charge < -0.3 is 0 Å². The molecule has 18 heavy (non-hydrogen) atoms. The number of unbranched alkanes of at least 4 members (excludes halogenated alkanes) is 4. The number of hydrogen-bond donors (Lipinski definition) is 0. The lowest BCUT2D eigenvalue weighted by Crippen LogP contribution is -2.16. The van der Waals surface area contributed by atoms with Crippen LogP contribution < -0.4 is 0 Å². The predicted molar refractivity (Wildman–Crippen MR) is 76.7 cm³/mol. The fraction of sp³-hybridized carbons (Fsp3) is 0.471. The molecule has 0 heterocycles. The smallest absolute Gasteiger partial charge is 0.170 e. The molecule has 0 N–H and O–H groups in total. The quantitative estimate of drug-likeness (QED) is 0.650. The molecule has 1 aromatic rings. The van der Waals surface area contributed by atoms with Crippen LogP contribution in [0.15, 0.2) is 30.3 Å². The summed E-state index contributed by atoms with van der Waals surface area (Å²) < 4.78 is 0. The van der Waals surface area contributed by atoms with Crippen molar-refractivity contribution in [3.8, 4) is 0 Å². The van der Waals surface area contributed by atoms with E-state index in [1.807, 2.05) is 24.3 Å². The highest BCUT2D eigenvalue weighted by atomic mass is 16.1. The summed E-state index contributed by atoms with van der Waals surface area (Å²) in [5.74, 6) is 0.421. The van der Waals surface area contributed by atoms with Crippen molar-refractivity contribution in [1.29, 1.82) is 0 Å². The van der Waals surface area contributed by atoms with Gasteiger partial charge in [0.05, 0.1) is 0 Å². The van der Waals surface area contributed by atoms with Crippen molar-refractivity contribution in [3.63, 3.8) is 0 Å². The molecule has 1 atom stereocenters. The van der Waals surface area contributed by atoms with Gasteiger partial charge in [-0.15, -0.1) is 0 Å². The van der Waals surface area contributed by atoms with E-state index in [2.05, 4.69) is 19.1 Å². The Labute approximate surface area is 110 Å². The fourth-order valence-electron chi connectivity index (χ4n) is 2.57. The largest absolute Gasteiger partial charge is 0.293 e. The van der Waals surface area contributed by atoms with Gasteiger partial charge in [-0.05, 0) is 12.0 Å². The molecule has 0 aliphatic heterocycles. The van der Waals surface area contributed by atoms with Gasteiger partial charge in [0, 0.05) is 11.5 Å². The van der Waals surface area contributed by atoms with E-state index in [0.717, 1.165) is 17.5 Å². The molecule has 0 radical (unpaired) electrons. The van der Waals surface area contributed by atoms with Crippen LogP contribution in [0.25, 0.3) is 6.08 Å². The van der Waals surface area contributed by atoms with Crippen LogP contribution in [0.5, 0.6) is 0 Å². The molecule has 0 saturated heterocycles. The second-order valence-electron chi connectivity index (χ2n) is 5.12. The summed E-state index contributed by atoms with van der Waals surface area (Å²) in [5.41, 5.74) is 1.98. The van der Waals surface area contributed by atoms with Crippen molar-refractivity contribution in [3.05, 3.63) is 41.5 Å². The van der Waals surface area contributed by atoms with Crippen molar-refractivity contribution < 1.29 is 4.79 Å². The summed E-state index contributed by atoms with van der Waals surface area (Å²) in [6, 6.07) is 7.90. The molecule has 0 saturated carbocycles. The zero-order valence-electron chi connectivity index (χ0n) is 11.2. The number of carbonyl (C=O) groups is 1. The summed E-state index contributed by atoms with van der Waals surface area (Å²) in [4.78, 5) is 12.3. The normalized spacial score (nSPS) is 17.8. The topological polar surface area (TPSA) is 17.1 Å². The van der Waals surface area contributed by atoms with Crippen molar-refractivity contribution in [2.45, 2.75) is 45.4 Å². The third kappa shape index (κ3) is 3.10. The Hall–Kier alpha value is -1.37. The molecule has 0 amide bonds. The van der Waals surface area contributed by atoms with Gasteiger partial charge in [0.2, 0.25) is 0 Å². The highest BCUT2D eigenvalue weighted by Gasteiger charge is 2.22. The SMILES string of the molecule is CCCCCCCC1C=Cc2ccccc2C1=O. The minimum absolute atomic E-state index is 0.113. The lowest BCUT2D eigenvalue weighted by Gasteiger charge is -2.17. The van der Waals surface area contributed by atoms with Gasteiger partial charge in [0.25, 0.3) is 0 Å². The number of benzene rings is 1. The fourth-order valence-corrected chi connectivity index (χ4v) is 2.57. The standard InChI is InChI=1S/C17H22O/c1-2-3-4-5-6-10-15-13-12-14-9-7-8-11-16(14)17(15)18/h7-9,11-13,15H,2-6,10H2,1H3. The summed E-state index contributed by atoms with van der Waals surface area (Å²) >= 11 is 0. The molecule has 0 aromatic heterocycles. The van der Waals surface area contributed by atoms with Gasteiger partial charge in [0.15, 0.2) is 5.78 Å². The Morgan fingerprint density at radius 2 is 1.83 bits per heavy atom. The molecule has 1 unspecified atom stereocenters. The third-order valence-electron chi connectivity index (χ3n) is 3.69. The molecule has 1 heteroatoms. The third-order valence-corrected chi connectivity index (χ3v) is 3.69. The molecule has 2 rings (SSSR count). The van der Waals surface area contributed by atoms with Crippen LogP contribution in [0.1, 0.15) is 61.4 Å². The Morgan fingerprint density at radius 3 is 2.67 bits per heavy atom. The molecular weight excluding hydrogens is 220 g/mol. The number of allylic oxidation sites excluding steroid dienone is 1. The second-order valence-corrected chi connectivity index (χ2v) is 5.12. The molecule has 1 aliphatic carbocycles. The van der Waals surface area contributed by atoms with Crippen LogP contribution >= 0.6 is 0 Å². The molecule has 1 aromatic carbocycles. The molecular formula is C17H22O.